The van der Waals surface area contributed by atoms with Crippen molar-refractivity contribution in [3.05, 3.63) is 23.3 Å². The average Bonchev–Trinajstić information content (AvgIpc) is 3.16. The van der Waals surface area contributed by atoms with E-state index in [0.29, 0.717) is 17.8 Å². The van der Waals surface area contributed by atoms with E-state index < -0.39 is 5.41 Å². The van der Waals surface area contributed by atoms with Crippen molar-refractivity contribution in [1.82, 2.24) is 0 Å². The molecule has 0 aromatic carbocycles. The number of hydrogen-bond donors (Lipinski definition) is 1. The van der Waals surface area contributed by atoms with E-state index in [1.54, 1.807) is 0 Å². The Labute approximate surface area is 201 Å². The lowest BCUT2D eigenvalue weighted by atomic mass is 9.44. The summed E-state index contributed by atoms with van der Waals surface area (Å²) >= 11 is 0. The van der Waals surface area contributed by atoms with Gasteiger partial charge in [0.2, 0.25) is 0 Å². The normalized spacial score (nSPS) is 47.8. The molecular formula is C30H46O3. The summed E-state index contributed by atoms with van der Waals surface area (Å²) in [6, 6.07) is 0. The van der Waals surface area contributed by atoms with E-state index in [1.165, 1.54) is 17.6 Å². The summed E-state index contributed by atoms with van der Waals surface area (Å²) in [5.41, 5.74) is 2.07. The van der Waals surface area contributed by atoms with Crippen LogP contribution in [0.3, 0.4) is 0 Å². The fourth-order valence-electron chi connectivity index (χ4n) is 9.47. The lowest BCUT2D eigenvalue weighted by Crippen LogP contribution is -2.55. The third-order valence-electron chi connectivity index (χ3n) is 11.5. The molecule has 1 saturated heterocycles. The van der Waals surface area contributed by atoms with Crippen molar-refractivity contribution in [1.29, 1.82) is 0 Å². The number of fused-ring (bicyclic) bond motifs is 4. The molecule has 33 heavy (non-hydrogen) atoms. The standard InChI is InChI=1S/C30H46O3/c1-19(2)9-8-15-29(7)23-13-17-28(6)21-10-11-22-26(3,4)24(31)14-16-27(22,5)20(21)12-18-30(23,28)25(32)33-29/h10,12,19,22-24,31H,8-9,11,13-18H2,1-7H3. The predicted molar refractivity (Wildman–Crippen MR) is 132 cm³/mol. The zero-order valence-corrected chi connectivity index (χ0v) is 22.1. The maximum atomic E-state index is 13.8. The molecule has 184 valence electrons. The number of esters is 1. The van der Waals surface area contributed by atoms with E-state index in [0.717, 1.165) is 51.4 Å². The molecule has 7 atom stereocenters. The second kappa shape index (κ2) is 7.21. The highest BCUT2D eigenvalue weighted by Gasteiger charge is 2.74. The first-order chi connectivity index (χ1) is 15.3. The van der Waals surface area contributed by atoms with Gasteiger partial charge in [0.1, 0.15) is 5.60 Å². The van der Waals surface area contributed by atoms with E-state index in [-0.39, 0.29) is 33.9 Å². The molecular weight excluding hydrogens is 408 g/mol. The summed E-state index contributed by atoms with van der Waals surface area (Å²) in [6.45, 7) is 16.1. The van der Waals surface area contributed by atoms with E-state index in [9.17, 15) is 9.90 Å². The monoisotopic (exact) mass is 454 g/mol. The van der Waals surface area contributed by atoms with Crippen LogP contribution < -0.4 is 0 Å². The number of allylic oxidation sites excluding steroid dienone is 4. The average molecular weight is 455 g/mol. The van der Waals surface area contributed by atoms with E-state index in [1.807, 2.05) is 0 Å². The number of ether oxygens (including phenoxy) is 1. The zero-order chi connectivity index (χ0) is 24.0. The SMILES string of the molecule is CC(C)CCCC1(C)OC(=O)C23CC=C4C(=CCC5C4(C)CCC(O)C5(C)C)C2(C)CCC13. The van der Waals surface area contributed by atoms with Crippen LogP contribution in [0.25, 0.3) is 0 Å². The number of aliphatic hydroxyl groups excluding tert-OH is 1. The Hall–Kier alpha value is -1.09. The van der Waals surface area contributed by atoms with Crippen molar-refractivity contribution in [3.8, 4) is 0 Å². The van der Waals surface area contributed by atoms with Crippen molar-refractivity contribution in [2.75, 3.05) is 0 Å². The minimum Gasteiger partial charge on any atom is -0.459 e. The third-order valence-corrected chi connectivity index (χ3v) is 11.5. The van der Waals surface area contributed by atoms with E-state index >= 15 is 0 Å². The van der Waals surface area contributed by atoms with Crippen LogP contribution in [0.5, 0.6) is 0 Å². The molecule has 5 rings (SSSR count). The Morgan fingerprint density at radius 3 is 2.45 bits per heavy atom. The second-order valence-corrected chi connectivity index (χ2v) is 13.9. The molecule has 3 fully saturated rings. The molecule has 0 amide bonds. The highest BCUT2D eigenvalue weighted by atomic mass is 16.6. The molecule has 1 N–H and O–H groups in total. The first-order valence-electron chi connectivity index (χ1n) is 13.7. The van der Waals surface area contributed by atoms with Gasteiger partial charge in [0.25, 0.3) is 0 Å². The lowest BCUT2D eigenvalue weighted by Gasteiger charge is -2.60. The van der Waals surface area contributed by atoms with Crippen LogP contribution >= 0.6 is 0 Å². The molecule has 0 aromatic rings. The number of cyclic esters (lactones) is 1. The van der Waals surface area contributed by atoms with Gasteiger partial charge in [-0.15, -0.1) is 0 Å². The second-order valence-electron chi connectivity index (χ2n) is 13.9. The van der Waals surface area contributed by atoms with Gasteiger partial charge < -0.3 is 9.84 Å². The molecule has 7 unspecified atom stereocenters. The molecule has 1 aliphatic heterocycles. The Morgan fingerprint density at radius 2 is 1.76 bits per heavy atom. The largest absolute Gasteiger partial charge is 0.459 e. The van der Waals surface area contributed by atoms with Crippen LogP contribution in [0.2, 0.25) is 0 Å². The third kappa shape index (κ3) is 2.87. The van der Waals surface area contributed by atoms with Crippen molar-refractivity contribution in [3.63, 3.8) is 0 Å². The first-order valence-corrected chi connectivity index (χ1v) is 13.7. The number of rotatable bonds is 4. The summed E-state index contributed by atoms with van der Waals surface area (Å²) in [5.74, 6) is 1.51. The quantitative estimate of drug-likeness (QED) is 0.465. The van der Waals surface area contributed by atoms with Gasteiger partial charge in [0.05, 0.1) is 11.5 Å². The Bertz CT molecular complexity index is 912. The summed E-state index contributed by atoms with van der Waals surface area (Å²) in [5, 5.41) is 10.8. The molecule has 0 aromatic heterocycles. The van der Waals surface area contributed by atoms with Crippen molar-refractivity contribution < 1.29 is 14.6 Å². The molecule has 1 spiro atoms. The van der Waals surface area contributed by atoms with Gasteiger partial charge in [0, 0.05) is 11.3 Å². The van der Waals surface area contributed by atoms with Crippen LogP contribution in [-0.2, 0) is 9.53 Å². The molecule has 3 heteroatoms. The molecule has 0 radical (unpaired) electrons. The van der Waals surface area contributed by atoms with Gasteiger partial charge in [-0.25, -0.2) is 0 Å². The van der Waals surface area contributed by atoms with E-state index in [2.05, 4.69) is 60.6 Å². The fraction of sp³-hybridized carbons (Fsp3) is 0.833. The summed E-state index contributed by atoms with van der Waals surface area (Å²) in [4.78, 5) is 13.8. The number of aliphatic hydroxyl groups is 1. The Kier molecular flexibility index (Phi) is 5.17. The van der Waals surface area contributed by atoms with Gasteiger partial charge in [-0.3, -0.25) is 4.79 Å². The molecule has 4 aliphatic carbocycles. The highest BCUT2D eigenvalue weighted by molar-refractivity contribution is 5.84. The van der Waals surface area contributed by atoms with Crippen LogP contribution in [0.15, 0.2) is 23.3 Å². The Morgan fingerprint density at radius 1 is 1.03 bits per heavy atom. The van der Waals surface area contributed by atoms with Gasteiger partial charge >= 0.3 is 5.97 Å². The topological polar surface area (TPSA) is 46.5 Å². The molecule has 3 nitrogen and oxygen atoms in total. The summed E-state index contributed by atoms with van der Waals surface area (Å²) < 4.78 is 6.35. The van der Waals surface area contributed by atoms with Gasteiger partial charge in [-0.2, -0.15) is 0 Å². The summed E-state index contributed by atoms with van der Waals surface area (Å²) in [7, 11) is 0. The number of hydrogen-bond acceptors (Lipinski definition) is 3. The first kappa shape index (κ1) is 23.6. The molecule has 0 bridgehead atoms. The molecule has 2 saturated carbocycles. The maximum Gasteiger partial charge on any atom is 0.314 e. The van der Waals surface area contributed by atoms with Crippen LogP contribution in [0.1, 0.15) is 106 Å². The van der Waals surface area contributed by atoms with Crippen molar-refractivity contribution >= 4 is 5.97 Å². The van der Waals surface area contributed by atoms with E-state index in [4.69, 9.17) is 4.74 Å². The van der Waals surface area contributed by atoms with Crippen molar-refractivity contribution in [2.45, 2.75) is 118 Å². The number of carbonyl (C=O) groups is 1. The summed E-state index contributed by atoms with van der Waals surface area (Å²) in [6.07, 6.45) is 13.9. The van der Waals surface area contributed by atoms with Crippen LogP contribution in [0, 0.1) is 39.4 Å². The zero-order valence-electron chi connectivity index (χ0n) is 22.1. The lowest BCUT2D eigenvalue weighted by molar-refractivity contribution is -0.158. The molecule has 5 aliphatic rings. The fourth-order valence-corrected chi connectivity index (χ4v) is 9.47. The van der Waals surface area contributed by atoms with Crippen LogP contribution in [-0.4, -0.2) is 22.8 Å². The highest BCUT2D eigenvalue weighted by Crippen LogP contribution is 2.74. The smallest absolute Gasteiger partial charge is 0.314 e. The Balaban J connectivity index is 1.53. The van der Waals surface area contributed by atoms with Gasteiger partial charge in [0.15, 0.2) is 0 Å². The predicted octanol–water partition coefficient (Wildman–Crippen LogP) is 6.99. The maximum absolute atomic E-state index is 13.8. The minimum atomic E-state index is -0.401. The van der Waals surface area contributed by atoms with Crippen molar-refractivity contribution in [2.24, 2.45) is 39.4 Å². The molecule has 1 heterocycles. The number of carbonyl (C=O) groups excluding carboxylic acids is 1. The van der Waals surface area contributed by atoms with Crippen LogP contribution in [0.4, 0.5) is 0 Å². The minimum absolute atomic E-state index is 0.0717. The van der Waals surface area contributed by atoms with Gasteiger partial charge in [-0.05, 0) is 92.1 Å². The van der Waals surface area contributed by atoms with Gasteiger partial charge in [-0.1, -0.05) is 60.1 Å².